The molecule has 0 saturated heterocycles. The molecule has 0 unspecified atom stereocenters. The van der Waals surface area contributed by atoms with E-state index in [0.717, 1.165) is 0 Å². The summed E-state index contributed by atoms with van der Waals surface area (Å²) in [5.41, 5.74) is 0.273. The third-order valence-electron chi connectivity index (χ3n) is 2.22. The maximum absolute atomic E-state index is 11.8. The van der Waals surface area contributed by atoms with Crippen LogP contribution in [0, 0.1) is 0 Å². The first-order valence-corrected chi connectivity index (χ1v) is 8.07. The van der Waals surface area contributed by atoms with Crippen LogP contribution in [0.25, 0.3) is 0 Å². The van der Waals surface area contributed by atoms with Crippen molar-refractivity contribution in [3.63, 3.8) is 0 Å². The van der Waals surface area contributed by atoms with Crippen LogP contribution in [-0.4, -0.2) is 33.2 Å². The normalized spacial score (nSPS) is 11.3. The smallest absolute Gasteiger partial charge is 0.252 e. The Morgan fingerprint density at radius 1 is 1.42 bits per heavy atom. The Labute approximate surface area is 123 Å². The van der Waals surface area contributed by atoms with E-state index in [2.05, 4.69) is 22.7 Å². The van der Waals surface area contributed by atoms with Crippen molar-refractivity contribution in [2.24, 2.45) is 0 Å². The van der Waals surface area contributed by atoms with Gasteiger partial charge in [0.25, 0.3) is 5.91 Å². The van der Waals surface area contributed by atoms with Gasteiger partial charge in [0.15, 0.2) is 0 Å². The molecule has 1 rings (SSSR count). The van der Waals surface area contributed by atoms with Crippen LogP contribution in [0.15, 0.2) is 23.1 Å². The predicted molar refractivity (Wildman–Crippen MR) is 78.5 cm³/mol. The fourth-order valence-corrected chi connectivity index (χ4v) is 2.74. The van der Waals surface area contributed by atoms with Crippen molar-refractivity contribution in [3.8, 4) is 0 Å². The largest absolute Gasteiger partial charge is 0.351 e. The van der Waals surface area contributed by atoms with Gasteiger partial charge in [0, 0.05) is 18.0 Å². The molecule has 0 aliphatic heterocycles. The van der Waals surface area contributed by atoms with Gasteiger partial charge in [-0.25, -0.2) is 13.1 Å². The summed E-state index contributed by atoms with van der Waals surface area (Å²) in [4.78, 5) is 12.4. The van der Waals surface area contributed by atoms with Crippen LogP contribution in [0.2, 0.25) is 5.02 Å². The van der Waals surface area contributed by atoms with Gasteiger partial charge >= 0.3 is 0 Å². The highest BCUT2D eigenvalue weighted by atomic mass is 35.5. The summed E-state index contributed by atoms with van der Waals surface area (Å²) < 4.78 is 25.1. The van der Waals surface area contributed by atoms with Gasteiger partial charge in [0.05, 0.1) is 16.3 Å². The molecule has 0 spiro atoms. The number of carbonyl (C=O) groups excluding carboxylic acids is 1. The average Bonchev–Trinajstić information content (AvgIpc) is 2.31. The highest BCUT2D eigenvalue weighted by Crippen LogP contribution is 2.19. The van der Waals surface area contributed by atoms with E-state index in [1.165, 1.54) is 6.07 Å². The SMILES string of the molecule is CCNS(=O)(=O)CCNC(=O)c1cc(S)ccc1Cl. The molecule has 0 aliphatic carbocycles. The predicted octanol–water partition coefficient (Wildman–Crippen LogP) is 1.30. The minimum absolute atomic E-state index is 0.0152. The number of carbonyl (C=O) groups is 1. The molecule has 1 aromatic rings. The van der Waals surface area contributed by atoms with E-state index < -0.39 is 15.9 Å². The second kappa shape index (κ2) is 7.14. The van der Waals surface area contributed by atoms with E-state index in [0.29, 0.717) is 16.5 Å². The summed E-state index contributed by atoms with van der Waals surface area (Å²) in [6, 6.07) is 4.76. The first-order chi connectivity index (χ1) is 8.85. The maximum Gasteiger partial charge on any atom is 0.252 e. The second-order valence-corrected chi connectivity index (χ2v) is 6.59. The molecule has 0 atom stereocenters. The second-order valence-electron chi connectivity index (χ2n) is 3.74. The van der Waals surface area contributed by atoms with Crippen LogP contribution in [0.5, 0.6) is 0 Å². The highest BCUT2D eigenvalue weighted by molar-refractivity contribution is 7.89. The van der Waals surface area contributed by atoms with Gasteiger partial charge in [0.2, 0.25) is 10.0 Å². The van der Waals surface area contributed by atoms with Crippen molar-refractivity contribution >= 4 is 40.2 Å². The van der Waals surface area contributed by atoms with E-state index in [-0.39, 0.29) is 17.9 Å². The van der Waals surface area contributed by atoms with E-state index in [1.807, 2.05) is 0 Å². The van der Waals surface area contributed by atoms with Crippen LogP contribution in [0.1, 0.15) is 17.3 Å². The quantitative estimate of drug-likeness (QED) is 0.691. The van der Waals surface area contributed by atoms with Gasteiger partial charge in [-0.05, 0) is 18.2 Å². The number of amides is 1. The number of rotatable bonds is 6. The fraction of sp³-hybridized carbons (Fsp3) is 0.364. The zero-order valence-corrected chi connectivity index (χ0v) is 12.8. The minimum atomic E-state index is -3.34. The molecule has 2 N–H and O–H groups in total. The van der Waals surface area contributed by atoms with Crippen LogP contribution in [0.3, 0.4) is 0 Å². The maximum atomic E-state index is 11.8. The Balaban J connectivity index is 2.59. The average molecular weight is 323 g/mol. The molecule has 1 aromatic carbocycles. The molecule has 8 heteroatoms. The molecule has 0 fully saturated rings. The number of hydrogen-bond donors (Lipinski definition) is 3. The Bertz CT molecular complexity index is 561. The lowest BCUT2D eigenvalue weighted by Crippen LogP contribution is -2.34. The van der Waals surface area contributed by atoms with E-state index in [9.17, 15) is 13.2 Å². The summed E-state index contributed by atoms with van der Waals surface area (Å²) in [6.07, 6.45) is 0. The molecular weight excluding hydrogens is 308 g/mol. The van der Waals surface area contributed by atoms with Gasteiger partial charge in [-0.1, -0.05) is 18.5 Å². The zero-order valence-electron chi connectivity index (χ0n) is 10.3. The monoisotopic (exact) mass is 322 g/mol. The molecule has 19 heavy (non-hydrogen) atoms. The summed E-state index contributed by atoms with van der Waals surface area (Å²) in [6.45, 7) is 2.03. The van der Waals surface area contributed by atoms with Crippen molar-refractivity contribution in [1.29, 1.82) is 0 Å². The van der Waals surface area contributed by atoms with Crippen molar-refractivity contribution in [3.05, 3.63) is 28.8 Å². The molecule has 0 bridgehead atoms. The number of hydrogen-bond acceptors (Lipinski definition) is 4. The Morgan fingerprint density at radius 3 is 2.74 bits per heavy atom. The van der Waals surface area contributed by atoms with Crippen molar-refractivity contribution in [2.45, 2.75) is 11.8 Å². The molecule has 0 heterocycles. The van der Waals surface area contributed by atoms with E-state index in [4.69, 9.17) is 11.6 Å². The lowest BCUT2D eigenvalue weighted by atomic mass is 10.2. The van der Waals surface area contributed by atoms with Crippen LogP contribution in [0.4, 0.5) is 0 Å². The minimum Gasteiger partial charge on any atom is -0.351 e. The van der Waals surface area contributed by atoms with Crippen molar-refractivity contribution < 1.29 is 13.2 Å². The van der Waals surface area contributed by atoms with Gasteiger partial charge < -0.3 is 5.32 Å². The standard InChI is InChI=1S/C11H15ClN2O3S2/c1-2-14-19(16,17)6-5-13-11(15)9-7-8(18)3-4-10(9)12/h3-4,7,14,18H,2,5-6H2,1H3,(H,13,15). The fourth-order valence-electron chi connectivity index (χ4n) is 1.37. The summed E-state index contributed by atoms with van der Waals surface area (Å²) >= 11 is 10.0. The van der Waals surface area contributed by atoms with Crippen molar-refractivity contribution in [2.75, 3.05) is 18.8 Å². The molecule has 0 radical (unpaired) electrons. The number of benzene rings is 1. The molecule has 1 amide bonds. The number of nitrogens with one attached hydrogen (secondary N) is 2. The topological polar surface area (TPSA) is 75.3 Å². The summed E-state index contributed by atoms with van der Waals surface area (Å²) in [7, 11) is -3.34. The molecule has 0 aliphatic rings. The van der Waals surface area contributed by atoms with Gasteiger partial charge in [-0.2, -0.15) is 0 Å². The van der Waals surface area contributed by atoms with Gasteiger partial charge in [0.1, 0.15) is 0 Å². The third kappa shape index (κ3) is 5.40. The Kier molecular flexibility index (Phi) is 6.12. The lowest BCUT2D eigenvalue weighted by molar-refractivity contribution is 0.0956. The molecule has 106 valence electrons. The first kappa shape index (κ1) is 16.3. The van der Waals surface area contributed by atoms with Crippen LogP contribution in [-0.2, 0) is 10.0 Å². The molecular formula is C11H15ClN2O3S2. The summed E-state index contributed by atoms with van der Waals surface area (Å²) in [5.74, 6) is -0.599. The van der Waals surface area contributed by atoms with Gasteiger partial charge in [-0.15, -0.1) is 12.6 Å². The van der Waals surface area contributed by atoms with E-state index >= 15 is 0 Å². The lowest BCUT2D eigenvalue weighted by Gasteiger charge is -2.08. The molecule has 0 saturated carbocycles. The van der Waals surface area contributed by atoms with Crippen molar-refractivity contribution in [1.82, 2.24) is 10.0 Å². The van der Waals surface area contributed by atoms with Crippen LogP contribution >= 0.6 is 24.2 Å². The van der Waals surface area contributed by atoms with Crippen LogP contribution < -0.4 is 10.0 Å². The van der Waals surface area contributed by atoms with Gasteiger partial charge in [-0.3, -0.25) is 4.79 Å². The summed E-state index contributed by atoms with van der Waals surface area (Å²) in [5, 5.41) is 2.80. The Hall–Kier alpha value is -0.760. The van der Waals surface area contributed by atoms with E-state index in [1.54, 1.807) is 19.1 Å². The number of thiol groups is 1. The number of halogens is 1. The first-order valence-electron chi connectivity index (χ1n) is 5.60. The Morgan fingerprint density at radius 2 is 2.11 bits per heavy atom. The zero-order chi connectivity index (χ0) is 14.5. The molecule has 0 aromatic heterocycles. The number of sulfonamides is 1. The molecule has 5 nitrogen and oxygen atoms in total. The third-order valence-corrected chi connectivity index (χ3v) is 4.29. The highest BCUT2D eigenvalue weighted by Gasteiger charge is 2.12.